The number of oxazole rings is 1. The van der Waals surface area contributed by atoms with Crippen LogP contribution >= 0.6 is 0 Å². The SMILES string of the molecule is COC(=O)Nc1ccc2c(c1)[C@@H](c1ccccc1)N(c1nc(-c3nc4ccccc4o3)c(O)c(=O)n1C)CC2. The molecule has 0 fully saturated rings. The van der Waals surface area contributed by atoms with Crippen LogP contribution in [0, 0.1) is 0 Å². The second kappa shape index (κ2) is 9.64. The minimum atomic E-state index is -0.615. The van der Waals surface area contributed by atoms with Crippen molar-refractivity contribution in [1.82, 2.24) is 14.5 Å². The van der Waals surface area contributed by atoms with Gasteiger partial charge in [-0.2, -0.15) is 0 Å². The second-order valence-corrected chi connectivity index (χ2v) is 9.25. The molecule has 1 aliphatic heterocycles. The summed E-state index contributed by atoms with van der Waals surface area (Å²) in [4.78, 5) is 36.4. The number of anilines is 2. The molecule has 0 saturated carbocycles. The van der Waals surface area contributed by atoms with E-state index in [-0.39, 0.29) is 17.6 Å². The van der Waals surface area contributed by atoms with Crippen molar-refractivity contribution in [3.05, 3.63) is 99.8 Å². The largest absolute Gasteiger partial charge is 0.501 e. The number of carbonyl (C=O) groups is 1. The monoisotopic (exact) mass is 523 g/mol. The highest BCUT2D eigenvalue weighted by molar-refractivity contribution is 5.85. The summed E-state index contributed by atoms with van der Waals surface area (Å²) in [6.07, 6.45) is 0.107. The Morgan fingerprint density at radius 3 is 2.62 bits per heavy atom. The Kier molecular flexibility index (Phi) is 5.99. The summed E-state index contributed by atoms with van der Waals surface area (Å²) in [5, 5.41) is 13.5. The van der Waals surface area contributed by atoms with Crippen LogP contribution in [0.2, 0.25) is 0 Å². The van der Waals surface area contributed by atoms with Crippen molar-refractivity contribution in [2.75, 3.05) is 23.9 Å². The van der Waals surface area contributed by atoms with Gasteiger partial charge in [-0.05, 0) is 47.4 Å². The van der Waals surface area contributed by atoms with Crippen molar-refractivity contribution in [1.29, 1.82) is 0 Å². The van der Waals surface area contributed by atoms with Crippen molar-refractivity contribution in [2.45, 2.75) is 12.5 Å². The number of hydrogen-bond acceptors (Lipinski definition) is 8. The first-order valence-electron chi connectivity index (χ1n) is 12.4. The van der Waals surface area contributed by atoms with Gasteiger partial charge in [-0.1, -0.05) is 48.5 Å². The lowest BCUT2D eigenvalue weighted by molar-refractivity contribution is 0.187. The number of hydrogen-bond donors (Lipinski definition) is 2. The van der Waals surface area contributed by atoms with Crippen LogP contribution < -0.4 is 15.8 Å². The molecule has 39 heavy (non-hydrogen) atoms. The first-order valence-corrected chi connectivity index (χ1v) is 12.4. The summed E-state index contributed by atoms with van der Waals surface area (Å²) < 4.78 is 12.0. The van der Waals surface area contributed by atoms with E-state index < -0.39 is 17.4 Å². The zero-order valence-electron chi connectivity index (χ0n) is 21.3. The van der Waals surface area contributed by atoms with Crippen LogP contribution in [-0.2, 0) is 18.2 Å². The zero-order chi connectivity index (χ0) is 27.1. The third-order valence-corrected chi connectivity index (χ3v) is 6.92. The zero-order valence-corrected chi connectivity index (χ0v) is 21.3. The predicted octanol–water partition coefficient (Wildman–Crippen LogP) is 4.62. The number of ether oxygens (including phenoxy) is 1. The first kappa shape index (κ1) is 24.2. The lowest BCUT2D eigenvalue weighted by Gasteiger charge is -2.39. The van der Waals surface area contributed by atoms with E-state index in [1.807, 2.05) is 65.6 Å². The van der Waals surface area contributed by atoms with Gasteiger partial charge in [0.05, 0.1) is 13.2 Å². The molecule has 0 spiro atoms. The molecule has 0 radical (unpaired) electrons. The minimum Gasteiger partial charge on any atom is -0.501 e. The average Bonchev–Trinajstić information content (AvgIpc) is 3.40. The van der Waals surface area contributed by atoms with Gasteiger partial charge >= 0.3 is 6.09 Å². The van der Waals surface area contributed by atoms with Crippen LogP contribution in [0.15, 0.2) is 82.0 Å². The third-order valence-electron chi connectivity index (χ3n) is 6.92. The average molecular weight is 524 g/mol. The van der Waals surface area contributed by atoms with E-state index in [9.17, 15) is 14.7 Å². The molecule has 0 aliphatic carbocycles. The van der Waals surface area contributed by atoms with E-state index in [2.05, 4.69) is 10.3 Å². The lowest BCUT2D eigenvalue weighted by atomic mass is 9.88. The maximum Gasteiger partial charge on any atom is 0.411 e. The molecule has 10 nitrogen and oxygen atoms in total. The van der Waals surface area contributed by atoms with Gasteiger partial charge in [-0.25, -0.2) is 14.8 Å². The highest BCUT2D eigenvalue weighted by atomic mass is 16.5. The summed E-state index contributed by atoms with van der Waals surface area (Å²) in [7, 11) is 2.89. The fraction of sp³-hybridized carbons (Fsp3) is 0.172. The van der Waals surface area contributed by atoms with Crippen molar-refractivity contribution < 1.29 is 19.1 Å². The third kappa shape index (κ3) is 4.25. The maximum atomic E-state index is 13.3. The number of benzene rings is 3. The van der Waals surface area contributed by atoms with Crippen LogP contribution in [0.4, 0.5) is 16.4 Å². The Bertz CT molecular complexity index is 1730. The predicted molar refractivity (Wildman–Crippen MR) is 146 cm³/mol. The number of nitrogens with zero attached hydrogens (tertiary/aromatic N) is 4. The summed E-state index contributed by atoms with van der Waals surface area (Å²) in [6.45, 7) is 0.550. The molecule has 0 unspecified atom stereocenters. The Morgan fingerprint density at radius 1 is 1.08 bits per heavy atom. The van der Waals surface area contributed by atoms with Gasteiger partial charge in [0.2, 0.25) is 11.7 Å². The summed E-state index contributed by atoms with van der Waals surface area (Å²) in [5.41, 5.74) is 4.10. The van der Waals surface area contributed by atoms with Gasteiger partial charge in [0.1, 0.15) is 5.52 Å². The molecule has 196 valence electrons. The molecule has 5 aromatic rings. The summed E-state index contributed by atoms with van der Waals surface area (Å²) in [5.74, 6) is -0.127. The molecular weight excluding hydrogens is 498 g/mol. The van der Waals surface area contributed by atoms with E-state index in [1.54, 1.807) is 19.2 Å². The maximum absolute atomic E-state index is 13.3. The van der Waals surface area contributed by atoms with Gasteiger partial charge in [0.15, 0.2) is 11.3 Å². The van der Waals surface area contributed by atoms with Crippen molar-refractivity contribution in [3.63, 3.8) is 0 Å². The first-order chi connectivity index (χ1) is 18.9. The Balaban J connectivity index is 1.52. The molecule has 0 bridgehead atoms. The number of amides is 1. The molecule has 2 aromatic heterocycles. The minimum absolute atomic E-state index is 0.0250. The number of para-hydroxylation sites is 2. The van der Waals surface area contributed by atoms with Crippen molar-refractivity contribution in [2.24, 2.45) is 7.05 Å². The summed E-state index contributed by atoms with van der Waals surface area (Å²) >= 11 is 0. The number of methoxy groups -OCH3 is 1. The molecule has 3 aromatic carbocycles. The lowest BCUT2D eigenvalue weighted by Crippen LogP contribution is -2.40. The van der Waals surface area contributed by atoms with Gasteiger partial charge in [0, 0.05) is 19.3 Å². The Morgan fingerprint density at radius 2 is 1.85 bits per heavy atom. The molecule has 0 saturated heterocycles. The van der Waals surface area contributed by atoms with E-state index >= 15 is 0 Å². The quantitative estimate of drug-likeness (QED) is 0.350. The standard InChI is InChI=1S/C29H25N5O5/c1-33-27(36)25(35)23(26-31-21-10-6-7-11-22(21)39-26)32-28(33)34-15-14-17-12-13-19(30-29(37)38-2)16-20(17)24(34)18-8-4-3-5-9-18/h3-13,16,24,35H,14-15H2,1-2H3,(H,30,37)/t24-/m1/s1. The molecule has 1 aliphatic rings. The Hall–Kier alpha value is -5.12. The molecular formula is C29H25N5O5. The van der Waals surface area contributed by atoms with Crippen LogP contribution in [0.3, 0.4) is 0 Å². The number of rotatable bonds is 4. The van der Waals surface area contributed by atoms with Crippen LogP contribution in [0.1, 0.15) is 22.7 Å². The van der Waals surface area contributed by atoms with E-state index in [0.29, 0.717) is 35.7 Å². The molecule has 1 atom stereocenters. The number of fused-ring (bicyclic) bond motifs is 2. The normalized spacial score (nSPS) is 14.7. The molecule has 1 amide bonds. The highest BCUT2D eigenvalue weighted by Crippen LogP contribution is 2.39. The Labute approximate surface area is 223 Å². The number of aromatic hydroxyl groups is 1. The molecule has 10 heteroatoms. The topological polar surface area (TPSA) is 123 Å². The summed E-state index contributed by atoms with van der Waals surface area (Å²) in [6, 6.07) is 22.4. The van der Waals surface area contributed by atoms with E-state index in [1.165, 1.54) is 11.7 Å². The van der Waals surface area contributed by atoms with Gasteiger partial charge in [0.25, 0.3) is 11.4 Å². The number of carbonyl (C=O) groups excluding carboxylic acids is 1. The molecule has 6 rings (SSSR count). The van der Waals surface area contributed by atoms with E-state index in [4.69, 9.17) is 14.1 Å². The van der Waals surface area contributed by atoms with Crippen molar-refractivity contribution in [3.8, 4) is 17.3 Å². The van der Waals surface area contributed by atoms with Gasteiger partial charge in [-0.3, -0.25) is 14.7 Å². The number of aromatic nitrogens is 3. The van der Waals surface area contributed by atoms with Gasteiger partial charge < -0.3 is 19.2 Å². The van der Waals surface area contributed by atoms with Crippen LogP contribution in [0.5, 0.6) is 5.75 Å². The number of nitrogens with one attached hydrogen (secondary N) is 1. The van der Waals surface area contributed by atoms with Crippen LogP contribution in [0.25, 0.3) is 22.7 Å². The smallest absolute Gasteiger partial charge is 0.411 e. The second-order valence-electron chi connectivity index (χ2n) is 9.25. The molecule has 3 heterocycles. The van der Waals surface area contributed by atoms with Gasteiger partial charge in [-0.15, -0.1) is 0 Å². The van der Waals surface area contributed by atoms with Crippen LogP contribution in [-0.4, -0.2) is 39.4 Å². The van der Waals surface area contributed by atoms with E-state index in [0.717, 1.165) is 16.7 Å². The van der Waals surface area contributed by atoms with Crippen molar-refractivity contribution >= 4 is 28.8 Å². The fourth-order valence-corrected chi connectivity index (χ4v) is 5.03. The highest BCUT2D eigenvalue weighted by Gasteiger charge is 2.33. The fourth-order valence-electron chi connectivity index (χ4n) is 5.03. The molecule has 2 N–H and O–H groups in total.